The van der Waals surface area contributed by atoms with Crippen LogP contribution < -0.4 is 10.6 Å². The van der Waals surface area contributed by atoms with Gasteiger partial charge in [-0.1, -0.05) is 37.2 Å². The minimum atomic E-state index is -0.157. The topological polar surface area (TPSA) is 80.0 Å². The Bertz CT molecular complexity index is 886. The summed E-state index contributed by atoms with van der Waals surface area (Å²) in [6, 6.07) is 11.9. The number of aryl methyl sites for hydroxylation is 1. The van der Waals surface area contributed by atoms with Gasteiger partial charge in [-0.25, -0.2) is 4.98 Å². The Labute approximate surface area is 146 Å². The fourth-order valence-corrected chi connectivity index (χ4v) is 2.68. The first-order valence-corrected chi connectivity index (χ1v) is 8.40. The average Bonchev–Trinajstić information content (AvgIpc) is 3.00. The van der Waals surface area contributed by atoms with Gasteiger partial charge in [-0.3, -0.25) is 4.79 Å². The number of benzene rings is 1. The van der Waals surface area contributed by atoms with Crippen LogP contribution in [0.5, 0.6) is 0 Å². The number of para-hydroxylation sites is 1. The molecule has 25 heavy (non-hydrogen) atoms. The van der Waals surface area contributed by atoms with Gasteiger partial charge in [0.25, 0.3) is 5.91 Å². The molecule has 3 aromatic rings. The lowest BCUT2D eigenvalue weighted by molar-refractivity contribution is 0.0952. The van der Waals surface area contributed by atoms with Crippen molar-refractivity contribution in [2.24, 2.45) is 0 Å². The summed E-state index contributed by atoms with van der Waals surface area (Å²) in [5.41, 5.74) is 2.10. The van der Waals surface area contributed by atoms with E-state index < -0.39 is 0 Å². The van der Waals surface area contributed by atoms with Gasteiger partial charge in [0, 0.05) is 24.4 Å². The van der Waals surface area contributed by atoms with Crippen LogP contribution in [0.3, 0.4) is 0 Å². The van der Waals surface area contributed by atoms with Crippen molar-refractivity contribution < 1.29 is 9.32 Å². The minimum Gasteiger partial charge on any atom is -0.368 e. The zero-order chi connectivity index (χ0) is 17.8. The third kappa shape index (κ3) is 3.79. The number of fused-ring (bicyclic) bond motifs is 1. The van der Waals surface area contributed by atoms with E-state index in [4.69, 9.17) is 4.52 Å². The van der Waals surface area contributed by atoms with E-state index in [9.17, 15) is 4.79 Å². The molecular formula is C19H22N4O2. The van der Waals surface area contributed by atoms with E-state index in [0.717, 1.165) is 16.7 Å². The number of nitrogens with zero attached hydrogens (tertiary/aromatic N) is 2. The molecule has 0 aliphatic rings. The molecule has 0 bridgehead atoms. The van der Waals surface area contributed by atoms with Gasteiger partial charge in [-0.2, -0.15) is 0 Å². The zero-order valence-electron chi connectivity index (χ0n) is 14.7. The summed E-state index contributed by atoms with van der Waals surface area (Å²) < 4.78 is 5.26. The minimum absolute atomic E-state index is 0.113. The van der Waals surface area contributed by atoms with Crippen LogP contribution in [0.25, 0.3) is 10.9 Å². The molecular weight excluding hydrogens is 316 g/mol. The summed E-state index contributed by atoms with van der Waals surface area (Å²) in [5, 5.41) is 11.1. The standard InChI is InChI=1S/C19H22N4O2/c1-12(2)18-17(13(3)23-25-18)19(24)21-11-10-20-16-9-8-14-6-4-5-7-15(14)22-16/h4-9,12H,10-11H2,1-3H3,(H,20,22)(H,21,24). The molecule has 130 valence electrons. The molecule has 6 nitrogen and oxygen atoms in total. The first-order valence-electron chi connectivity index (χ1n) is 8.40. The molecule has 0 aliphatic carbocycles. The molecule has 6 heteroatoms. The highest BCUT2D eigenvalue weighted by Crippen LogP contribution is 2.22. The second-order valence-corrected chi connectivity index (χ2v) is 6.23. The van der Waals surface area contributed by atoms with Crippen molar-refractivity contribution in [2.45, 2.75) is 26.7 Å². The van der Waals surface area contributed by atoms with Gasteiger partial charge >= 0.3 is 0 Å². The van der Waals surface area contributed by atoms with E-state index in [-0.39, 0.29) is 11.8 Å². The molecule has 0 unspecified atom stereocenters. The number of amides is 1. The summed E-state index contributed by atoms with van der Waals surface area (Å²) in [6.07, 6.45) is 0. The summed E-state index contributed by atoms with van der Waals surface area (Å²) >= 11 is 0. The van der Waals surface area contributed by atoms with E-state index >= 15 is 0 Å². The molecule has 1 aromatic carbocycles. The quantitative estimate of drug-likeness (QED) is 0.673. The maximum Gasteiger partial charge on any atom is 0.256 e. The molecule has 2 heterocycles. The predicted molar refractivity (Wildman–Crippen MR) is 97.9 cm³/mol. The van der Waals surface area contributed by atoms with Crippen LogP contribution in [0.15, 0.2) is 40.9 Å². The number of aromatic nitrogens is 2. The first-order chi connectivity index (χ1) is 12.1. The molecule has 2 N–H and O–H groups in total. The number of anilines is 1. The Balaban J connectivity index is 1.56. The van der Waals surface area contributed by atoms with Crippen molar-refractivity contribution in [1.82, 2.24) is 15.5 Å². The molecule has 0 saturated heterocycles. The summed E-state index contributed by atoms with van der Waals surface area (Å²) in [5.74, 6) is 1.37. The maximum absolute atomic E-state index is 12.4. The number of carbonyl (C=O) groups excluding carboxylic acids is 1. The SMILES string of the molecule is Cc1noc(C(C)C)c1C(=O)NCCNc1ccc2ccccc2n1. The van der Waals surface area contributed by atoms with E-state index in [2.05, 4.69) is 20.8 Å². The molecule has 0 radical (unpaired) electrons. The van der Waals surface area contributed by atoms with Crippen molar-refractivity contribution in [3.8, 4) is 0 Å². The van der Waals surface area contributed by atoms with Gasteiger partial charge in [0.15, 0.2) is 5.76 Å². The van der Waals surface area contributed by atoms with Crippen molar-refractivity contribution in [3.63, 3.8) is 0 Å². The Hall–Kier alpha value is -2.89. The highest BCUT2D eigenvalue weighted by atomic mass is 16.5. The number of hydrogen-bond acceptors (Lipinski definition) is 5. The number of hydrogen-bond donors (Lipinski definition) is 2. The fourth-order valence-electron chi connectivity index (χ4n) is 2.68. The van der Waals surface area contributed by atoms with E-state index in [1.54, 1.807) is 6.92 Å². The Morgan fingerprint density at radius 2 is 1.96 bits per heavy atom. The van der Waals surface area contributed by atoms with Crippen molar-refractivity contribution >= 4 is 22.6 Å². The lowest BCUT2D eigenvalue weighted by Gasteiger charge is -2.09. The second kappa shape index (κ2) is 7.34. The summed E-state index contributed by atoms with van der Waals surface area (Å²) in [7, 11) is 0. The average molecular weight is 338 g/mol. The molecule has 2 aromatic heterocycles. The van der Waals surface area contributed by atoms with Crippen LogP contribution >= 0.6 is 0 Å². The van der Waals surface area contributed by atoms with Crippen LogP contribution in [0.4, 0.5) is 5.82 Å². The van der Waals surface area contributed by atoms with Crippen LogP contribution in [0, 0.1) is 6.92 Å². The summed E-state index contributed by atoms with van der Waals surface area (Å²) in [4.78, 5) is 16.9. The van der Waals surface area contributed by atoms with Gasteiger partial charge in [0.1, 0.15) is 11.4 Å². The van der Waals surface area contributed by atoms with Gasteiger partial charge < -0.3 is 15.2 Å². The highest BCUT2D eigenvalue weighted by Gasteiger charge is 2.22. The van der Waals surface area contributed by atoms with Crippen molar-refractivity contribution in [3.05, 3.63) is 53.4 Å². The third-order valence-electron chi connectivity index (χ3n) is 3.96. The van der Waals surface area contributed by atoms with Gasteiger partial charge in [-0.15, -0.1) is 0 Å². The Morgan fingerprint density at radius 1 is 1.16 bits per heavy atom. The highest BCUT2D eigenvalue weighted by molar-refractivity contribution is 5.96. The van der Waals surface area contributed by atoms with E-state index in [0.29, 0.717) is 30.1 Å². The molecule has 0 aliphatic heterocycles. The lowest BCUT2D eigenvalue weighted by Crippen LogP contribution is -2.29. The first kappa shape index (κ1) is 17.0. The largest absolute Gasteiger partial charge is 0.368 e. The molecule has 0 saturated carbocycles. The zero-order valence-corrected chi connectivity index (χ0v) is 14.7. The van der Waals surface area contributed by atoms with Crippen LogP contribution in [0.1, 0.15) is 41.6 Å². The Kier molecular flexibility index (Phi) is 4.97. The van der Waals surface area contributed by atoms with Gasteiger partial charge in [0.2, 0.25) is 0 Å². The molecule has 3 rings (SSSR count). The van der Waals surface area contributed by atoms with Crippen molar-refractivity contribution in [2.75, 3.05) is 18.4 Å². The number of pyridine rings is 1. The van der Waals surface area contributed by atoms with E-state index in [1.807, 2.05) is 50.2 Å². The Morgan fingerprint density at radius 3 is 2.76 bits per heavy atom. The smallest absolute Gasteiger partial charge is 0.256 e. The maximum atomic E-state index is 12.4. The second-order valence-electron chi connectivity index (χ2n) is 6.23. The number of nitrogens with one attached hydrogen (secondary N) is 2. The monoisotopic (exact) mass is 338 g/mol. The van der Waals surface area contributed by atoms with Gasteiger partial charge in [0.05, 0.1) is 11.2 Å². The molecule has 0 atom stereocenters. The third-order valence-corrected chi connectivity index (χ3v) is 3.96. The van der Waals surface area contributed by atoms with Crippen LogP contribution in [0.2, 0.25) is 0 Å². The van der Waals surface area contributed by atoms with Crippen LogP contribution in [-0.2, 0) is 0 Å². The van der Waals surface area contributed by atoms with Crippen molar-refractivity contribution in [1.29, 1.82) is 0 Å². The number of rotatable bonds is 6. The normalized spacial score (nSPS) is 11.0. The van der Waals surface area contributed by atoms with Gasteiger partial charge in [-0.05, 0) is 25.1 Å². The fraction of sp³-hybridized carbons (Fsp3) is 0.316. The molecule has 0 spiro atoms. The number of carbonyl (C=O) groups is 1. The molecule has 0 fully saturated rings. The predicted octanol–water partition coefficient (Wildman–Crippen LogP) is 3.50. The van der Waals surface area contributed by atoms with Crippen LogP contribution in [-0.4, -0.2) is 29.1 Å². The lowest BCUT2D eigenvalue weighted by atomic mass is 10.0. The van der Waals surface area contributed by atoms with E-state index in [1.165, 1.54) is 0 Å². The molecule has 1 amide bonds. The summed E-state index contributed by atoms with van der Waals surface area (Å²) in [6.45, 7) is 6.79.